The molecule has 1 atom stereocenters. The van der Waals surface area contributed by atoms with E-state index in [0.717, 1.165) is 4.90 Å². The minimum absolute atomic E-state index is 0.342. The van der Waals surface area contributed by atoms with Gasteiger partial charge in [0.2, 0.25) is 11.8 Å². The molecule has 1 unspecified atom stereocenters. The number of carbonyl (C=O) groups is 3. The summed E-state index contributed by atoms with van der Waals surface area (Å²) >= 11 is 9.21. The predicted molar refractivity (Wildman–Crippen MR) is 78.6 cm³/mol. The molecule has 1 aromatic rings. The molecule has 20 heavy (non-hydrogen) atoms. The molecule has 4 amide bonds. The van der Waals surface area contributed by atoms with Crippen LogP contribution in [0, 0.1) is 5.92 Å². The lowest BCUT2D eigenvalue weighted by Gasteiger charge is -2.30. The average molecular weight is 360 g/mol. The van der Waals surface area contributed by atoms with E-state index in [1.807, 2.05) is 6.92 Å². The van der Waals surface area contributed by atoms with Crippen molar-refractivity contribution in [1.82, 2.24) is 5.32 Å². The van der Waals surface area contributed by atoms with Crippen molar-refractivity contribution < 1.29 is 14.4 Å². The molecular formula is C13H12BrClN2O3. The number of nitrogens with one attached hydrogen (secondary N) is 1. The highest BCUT2D eigenvalue weighted by molar-refractivity contribution is 9.10. The zero-order valence-corrected chi connectivity index (χ0v) is 13.0. The highest BCUT2D eigenvalue weighted by atomic mass is 79.9. The number of nitrogens with zero attached hydrogens (tertiary/aromatic N) is 1. The topological polar surface area (TPSA) is 66.5 Å². The Balaban J connectivity index is 2.38. The predicted octanol–water partition coefficient (Wildman–Crippen LogP) is 3.10. The van der Waals surface area contributed by atoms with Gasteiger partial charge in [-0.3, -0.25) is 14.9 Å². The molecule has 1 aliphatic rings. The zero-order valence-electron chi connectivity index (χ0n) is 10.7. The maximum atomic E-state index is 12.3. The molecule has 5 nitrogen and oxygen atoms in total. The van der Waals surface area contributed by atoms with Gasteiger partial charge < -0.3 is 0 Å². The zero-order chi connectivity index (χ0) is 14.9. The summed E-state index contributed by atoms with van der Waals surface area (Å²) in [6.07, 6.45) is 1.08. The van der Waals surface area contributed by atoms with Gasteiger partial charge in [-0.1, -0.05) is 24.9 Å². The van der Waals surface area contributed by atoms with Crippen molar-refractivity contribution >= 4 is 51.1 Å². The minimum Gasteiger partial charge on any atom is -0.277 e. The summed E-state index contributed by atoms with van der Waals surface area (Å²) in [5, 5.41) is 2.58. The molecule has 0 aromatic heterocycles. The first-order valence-electron chi connectivity index (χ1n) is 6.09. The lowest BCUT2D eigenvalue weighted by molar-refractivity contribution is -0.134. The summed E-state index contributed by atoms with van der Waals surface area (Å²) in [6, 6.07) is 3.99. The van der Waals surface area contributed by atoms with Crippen LogP contribution < -0.4 is 10.2 Å². The Kier molecular flexibility index (Phi) is 4.45. The SMILES string of the molecule is CCCC1C(=O)NC(=O)N(c2ccc(Br)c(Cl)c2)C1=O. The molecule has 0 saturated carbocycles. The van der Waals surface area contributed by atoms with Gasteiger partial charge in [-0.05, 0) is 40.5 Å². The van der Waals surface area contributed by atoms with Gasteiger partial charge in [-0.15, -0.1) is 0 Å². The molecule has 0 aliphatic carbocycles. The fourth-order valence-electron chi connectivity index (χ4n) is 2.03. The van der Waals surface area contributed by atoms with Crippen molar-refractivity contribution in [2.24, 2.45) is 5.92 Å². The van der Waals surface area contributed by atoms with Crippen LogP contribution in [-0.4, -0.2) is 17.8 Å². The Morgan fingerprint density at radius 1 is 1.35 bits per heavy atom. The van der Waals surface area contributed by atoms with Crippen LogP contribution in [0.3, 0.4) is 0 Å². The van der Waals surface area contributed by atoms with Gasteiger partial charge in [-0.2, -0.15) is 0 Å². The van der Waals surface area contributed by atoms with Crippen molar-refractivity contribution in [1.29, 1.82) is 0 Å². The number of barbiturate groups is 1. The summed E-state index contributed by atoms with van der Waals surface area (Å²) in [7, 11) is 0. The van der Waals surface area contributed by atoms with E-state index < -0.39 is 23.8 Å². The van der Waals surface area contributed by atoms with Crippen LogP contribution in [0.1, 0.15) is 19.8 Å². The first-order valence-corrected chi connectivity index (χ1v) is 7.26. The molecule has 1 fully saturated rings. The Bertz CT molecular complexity index is 591. The maximum absolute atomic E-state index is 12.3. The second-order valence-corrected chi connectivity index (χ2v) is 5.67. The second kappa shape index (κ2) is 5.93. The lowest BCUT2D eigenvalue weighted by Crippen LogP contribution is -2.58. The molecule has 7 heteroatoms. The average Bonchev–Trinajstić information content (AvgIpc) is 2.38. The molecule has 0 radical (unpaired) electrons. The highest BCUT2D eigenvalue weighted by Crippen LogP contribution is 2.30. The molecular weight excluding hydrogens is 348 g/mol. The van der Waals surface area contributed by atoms with Gasteiger partial charge >= 0.3 is 6.03 Å². The second-order valence-electron chi connectivity index (χ2n) is 4.41. The van der Waals surface area contributed by atoms with E-state index in [2.05, 4.69) is 21.2 Å². The lowest BCUT2D eigenvalue weighted by atomic mass is 9.99. The summed E-state index contributed by atoms with van der Waals surface area (Å²) < 4.78 is 0.661. The third-order valence-corrected chi connectivity index (χ3v) is 4.24. The molecule has 0 spiro atoms. The number of benzene rings is 1. The first kappa shape index (κ1) is 15.0. The van der Waals surface area contributed by atoms with Gasteiger partial charge in [0.1, 0.15) is 5.92 Å². The number of rotatable bonds is 3. The van der Waals surface area contributed by atoms with E-state index in [1.54, 1.807) is 12.1 Å². The van der Waals surface area contributed by atoms with Crippen LogP contribution in [0.2, 0.25) is 5.02 Å². The number of anilines is 1. The molecule has 1 heterocycles. The van der Waals surface area contributed by atoms with Gasteiger partial charge in [0.15, 0.2) is 0 Å². The fourth-order valence-corrected chi connectivity index (χ4v) is 2.45. The van der Waals surface area contributed by atoms with Crippen LogP contribution in [0.4, 0.5) is 10.5 Å². The first-order chi connectivity index (χ1) is 9.45. The fraction of sp³-hybridized carbons (Fsp3) is 0.308. The maximum Gasteiger partial charge on any atom is 0.335 e. The number of urea groups is 1. The molecule has 1 aromatic carbocycles. The van der Waals surface area contributed by atoms with E-state index in [4.69, 9.17) is 11.6 Å². The third-order valence-electron chi connectivity index (χ3n) is 3.01. The molecule has 2 rings (SSSR count). The molecule has 1 saturated heterocycles. The van der Waals surface area contributed by atoms with Gasteiger partial charge in [0, 0.05) is 4.47 Å². The number of halogens is 2. The molecule has 0 bridgehead atoms. The van der Waals surface area contributed by atoms with Crippen molar-refractivity contribution in [2.45, 2.75) is 19.8 Å². The van der Waals surface area contributed by atoms with Crippen LogP contribution in [-0.2, 0) is 9.59 Å². The number of imide groups is 2. The van der Waals surface area contributed by atoms with Gasteiger partial charge in [0.25, 0.3) is 0 Å². The van der Waals surface area contributed by atoms with E-state index in [-0.39, 0.29) is 0 Å². The third kappa shape index (κ3) is 2.71. The number of hydrogen-bond donors (Lipinski definition) is 1. The van der Waals surface area contributed by atoms with Crippen LogP contribution >= 0.6 is 27.5 Å². The Morgan fingerprint density at radius 3 is 2.65 bits per heavy atom. The summed E-state index contributed by atoms with van der Waals surface area (Å²) in [5.41, 5.74) is 0.342. The van der Waals surface area contributed by atoms with E-state index >= 15 is 0 Å². The quantitative estimate of drug-likeness (QED) is 0.843. The standard InChI is InChI=1S/C13H12BrClN2O3/c1-2-3-8-11(18)16-13(20)17(12(8)19)7-4-5-9(14)10(15)6-7/h4-6,8H,2-3H2,1H3,(H,16,18,20). The van der Waals surface area contributed by atoms with Crippen molar-refractivity contribution in [3.8, 4) is 0 Å². The Labute approximate surface area is 129 Å². The highest BCUT2D eigenvalue weighted by Gasteiger charge is 2.40. The number of amides is 4. The number of carbonyl (C=O) groups excluding carboxylic acids is 3. The van der Waals surface area contributed by atoms with Crippen molar-refractivity contribution in [2.75, 3.05) is 4.90 Å². The van der Waals surface area contributed by atoms with Gasteiger partial charge in [0.05, 0.1) is 10.7 Å². The van der Waals surface area contributed by atoms with E-state index in [0.29, 0.717) is 28.0 Å². The Hall–Kier alpha value is -1.40. The summed E-state index contributed by atoms with van der Waals surface area (Å²) in [5.74, 6) is -1.89. The molecule has 106 valence electrons. The Morgan fingerprint density at radius 2 is 2.05 bits per heavy atom. The van der Waals surface area contributed by atoms with E-state index in [1.165, 1.54) is 6.07 Å². The monoisotopic (exact) mass is 358 g/mol. The molecule has 1 N–H and O–H groups in total. The largest absolute Gasteiger partial charge is 0.335 e. The minimum atomic E-state index is -0.833. The van der Waals surface area contributed by atoms with E-state index in [9.17, 15) is 14.4 Å². The van der Waals surface area contributed by atoms with Gasteiger partial charge in [-0.25, -0.2) is 9.69 Å². The summed E-state index contributed by atoms with van der Waals surface area (Å²) in [6.45, 7) is 1.87. The normalized spacial score (nSPS) is 19.2. The van der Waals surface area contributed by atoms with Crippen LogP contribution in [0.5, 0.6) is 0 Å². The van der Waals surface area contributed by atoms with Crippen LogP contribution in [0.25, 0.3) is 0 Å². The van der Waals surface area contributed by atoms with Crippen LogP contribution in [0.15, 0.2) is 22.7 Å². The summed E-state index contributed by atoms with van der Waals surface area (Å²) in [4.78, 5) is 36.9. The number of hydrogen-bond acceptors (Lipinski definition) is 3. The smallest absolute Gasteiger partial charge is 0.277 e. The molecule has 1 aliphatic heterocycles. The van der Waals surface area contributed by atoms with Crippen molar-refractivity contribution in [3.05, 3.63) is 27.7 Å². The van der Waals surface area contributed by atoms with Crippen molar-refractivity contribution in [3.63, 3.8) is 0 Å².